The molecule has 2 aromatic rings. The van der Waals surface area contributed by atoms with Crippen LogP contribution in [0.5, 0.6) is 0 Å². The van der Waals surface area contributed by atoms with Crippen LogP contribution in [0.15, 0.2) is 30.3 Å². The lowest BCUT2D eigenvalue weighted by atomic mass is 10.0. The number of nitrogens with two attached hydrogens (primary N) is 1. The summed E-state index contributed by atoms with van der Waals surface area (Å²) in [5.41, 5.74) is 8.75. The number of thiophene rings is 1. The van der Waals surface area contributed by atoms with Gasteiger partial charge in [0.05, 0.1) is 0 Å². The summed E-state index contributed by atoms with van der Waals surface area (Å²) in [5, 5.41) is 0.768. The van der Waals surface area contributed by atoms with E-state index in [-0.39, 0.29) is 6.04 Å². The van der Waals surface area contributed by atoms with Gasteiger partial charge in [-0.05, 0) is 49.6 Å². The Morgan fingerprint density at radius 2 is 1.88 bits per heavy atom. The molecular formula is C14H16ClNS. The molecule has 0 aliphatic rings. The second-order valence-corrected chi connectivity index (χ2v) is 6.20. The third kappa shape index (κ3) is 3.09. The van der Waals surface area contributed by atoms with Crippen LogP contribution in [0.25, 0.3) is 0 Å². The lowest BCUT2D eigenvalue weighted by Gasteiger charge is -2.11. The molecule has 0 bridgehead atoms. The van der Waals surface area contributed by atoms with Gasteiger partial charge in [-0.1, -0.05) is 23.7 Å². The van der Waals surface area contributed by atoms with E-state index in [0.29, 0.717) is 0 Å². The molecule has 1 atom stereocenters. The summed E-state index contributed by atoms with van der Waals surface area (Å²) < 4.78 is 0. The number of hydrogen-bond donors (Lipinski definition) is 1. The maximum absolute atomic E-state index is 6.25. The summed E-state index contributed by atoms with van der Waals surface area (Å²) in [6, 6.07) is 10.2. The predicted octanol–water partition coefficient (Wildman–Crippen LogP) is 4.26. The zero-order chi connectivity index (χ0) is 12.4. The number of halogens is 1. The van der Waals surface area contributed by atoms with E-state index in [0.717, 1.165) is 11.4 Å². The highest BCUT2D eigenvalue weighted by atomic mass is 35.5. The summed E-state index contributed by atoms with van der Waals surface area (Å²) in [4.78, 5) is 2.65. The average molecular weight is 266 g/mol. The molecule has 0 amide bonds. The molecule has 0 radical (unpaired) electrons. The highest BCUT2D eigenvalue weighted by molar-refractivity contribution is 7.12. The van der Waals surface area contributed by atoms with E-state index >= 15 is 0 Å². The van der Waals surface area contributed by atoms with Gasteiger partial charge in [0.2, 0.25) is 0 Å². The summed E-state index contributed by atoms with van der Waals surface area (Å²) in [7, 11) is 0. The first-order valence-electron chi connectivity index (χ1n) is 5.63. The molecule has 1 aromatic carbocycles. The van der Waals surface area contributed by atoms with Crippen molar-refractivity contribution in [1.29, 1.82) is 0 Å². The third-order valence-electron chi connectivity index (χ3n) is 2.85. The lowest BCUT2D eigenvalue weighted by molar-refractivity contribution is 0.720. The van der Waals surface area contributed by atoms with Crippen molar-refractivity contribution in [2.24, 2.45) is 5.73 Å². The minimum absolute atomic E-state index is 0.0705. The lowest BCUT2D eigenvalue weighted by Crippen LogP contribution is -2.13. The number of hydrogen-bond acceptors (Lipinski definition) is 2. The van der Waals surface area contributed by atoms with Gasteiger partial charge in [0.1, 0.15) is 0 Å². The summed E-state index contributed by atoms with van der Waals surface area (Å²) >= 11 is 7.67. The topological polar surface area (TPSA) is 26.0 Å². The number of aryl methyl sites for hydroxylation is 2. The molecule has 0 aliphatic heterocycles. The minimum atomic E-state index is 0.0705. The van der Waals surface area contributed by atoms with Crippen molar-refractivity contribution in [3.8, 4) is 0 Å². The Bertz CT molecular complexity index is 501. The van der Waals surface area contributed by atoms with Gasteiger partial charge in [0.25, 0.3) is 0 Å². The van der Waals surface area contributed by atoms with Crippen LogP contribution in [0.2, 0.25) is 5.02 Å². The van der Waals surface area contributed by atoms with Gasteiger partial charge in [0, 0.05) is 20.8 Å². The van der Waals surface area contributed by atoms with E-state index in [2.05, 4.69) is 19.9 Å². The van der Waals surface area contributed by atoms with Crippen molar-refractivity contribution >= 4 is 22.9 Å². The standard InChI is InChI=1S/C14H16ClNS/c1-9-7-13(10(2)17-9)14(16)8-11-3-5-12(15)6-4-11/h3-7,14H,8,16H2,1-2H3. The first kappa shape index (κ1) is 12.6. The highest BCUT2D eigenvalue weighted by Crippen LogP contribution is 2.27. The fourth-order valence-electron chi connectivity index (χ4n) is 2.00. The van der Waals surface area contributed by atoms with E-state index in [1.807, 2.05) is 35.6 Å². The van der Waals surface area contributed by atoms with Crippen LogP contribution >= 0.6 is 22.9 Å². The largest absolute Gasteiger partial charge is 0.324 e. The van der Waals surface area contributed by atoms with E-state index in [9.17, 15) is 0 Å². The predicted molar refractivity (Wildman–Crippen MR) is 75.9 cm³/mol. The first-order chi connectivity index (χ1) is 8.06. The van der Waals surface area contributed by atoms with Crippen LogP contribution in [-0.4, -0.2) is 0 Å². The fraction of sp³-hybridized carbons (Fsp3) is 0.286. The van der Waals surface area contributed by atoms with Gasteiger partial charge in [-0.15, -0.1) is 11.3 Å². The maximum atomic E-state index is 6.25. The second-order valence-electron chi connectivity index (χ2n) is 4.31. The molecule has 0 spiro atoms. The van der Waals surface area contributed by atoms with Crippen LogP contribution in [0.4, 0.5) is 0 Å². The second kappa shape index (κ2) is 5.21. The average Bonchev–Trinajstić information content (AvgIpc) is 2.61. The SMILES string of the molecule is Cc1cc(C(N)Cc2ccc(Cl)cc2)c(C)s1. The van der Waals surface area contributed by atoms with Crippen molar-refractivity contribution in [2.75, 3.05) is 0 Å². The van der Waals surface area contributed by atoms with Gasteiger partial charge in [-0.2, -0.15) is 0 Å². The monoisotopic (exact) mass is 265 g/mol. The van der Waals surface area contributed by atoms with Gasteiger partial charge < -0.3 is 5.73 Å². The van der Waals surface area contributed by atoms with Crippen LogP contribution in [0, 0.1) is 13.8 Å². The molecule has 3 heteroatoms. The molecule has 17 heavy (non-hydrogen) atoms. The van der Waals surface area contributed by atoms with Gasteiger partial charge in [-0.3, -0.25) is 0 Å². The Balaban J connectivity index is 2.14. The van der Waals surface area contributed by atoms with Crippen molar-refractivity contribution in [1.82, 2.24) is 0 Å². The highest BCUT2D eigenvalue weighted by Gasteiger charge is 2.12. The summed E-state index contributed by atoms with van der Waals surface area (Å²) in [6.45, 7) is 4.25. The van der Waals surface area contributed by atoms with Crippen LogP contribution in [0.3, 0.4) is 0 Å². The van der Waals surface area contributed by atoms with Crippen molar-refractivity contribution in [3.63, 3.8) is 0 Å². The van der Waals surface area contributed by atoms with E-state index < -0.39 is 0 Å². The normalized spacial score (nSPS) is 12.7. The minimum Gasteiger partial charge on any atom is -0.324 e. The number of rotatable bonds is 3. The molecule has 2 N–H and O–H groups in total. The Labute approximate surface area is 111 Å². The molecule has 0 aliphatic carbocycles. The quantitative estimate of drug-likeness (QED) is 0.882. The Morgan fingerprint density at radius 3 is 2.41 bits per heavy atom. The molecule has 2 rings (SSSR count). The molecule has 0 fully saturated rings. The summed E-state index contributed by atoms with van der Waals surface area (Å²) in [6.07, 6.45) is 0.855. The van der Waals surface area contributed by atoms with Gasteiger partial charge >= 0.3 is 0 Å². The van der Waals surface area contributed by atoms with Gasteiger partial charge in [0.15, 0.2) is 0 Å². The zero-order valence-electron chi connectivity index (χ0n) is 10.0. The van der Waals surface area contributed by atoms with E-state index in [4.69, 9.17) is 17.3 Å². The molecule has 1 unspecified atom stereocenters. The molecule has 1 nitrogen and oxygen atoms in total. The molecule has 0 saturated heterocycles. The molecule has 1 aromatic heterocycles. The third-order valence-corrected chi connectivity index (χ3v) is 4.08. The smallest absolute Gasteiger partial charge is 0.0406 e. The maximum Gasteiger partial charge on any atom is 0.0406 e. The van der Waals surface area contributed by atoms with Crippen LogP contribution in [-0.2, 0) is 6.42 Å². The first-order valence-corrected chi connectivity index (χ1v) is 6.82. The fourth-order valence-corrected chi connectivity index (χ4v) is 3.13. The van der Waals surface area contributed by atoms with Crippen molar-refractivity contribution in [2.45, 2.75) is 26.3 Å². The van der Waals surface area contributed by atoms with Crippen molar-refractivity contribution in [3.05, 3.63) is 56.2 Å². The van der Waals surface area contributed by atoms with E-state index in [1.165, 1.54) is 20.9 Å². The van der Waals surface area contributed by atoms with Crippen molar-refractivity contribution < 1.29 is 0 Å². The molecule has 90 valence electrons. The summed E-state index contributed by atoms with van der Waals surface area (Å²) in [5.74, 6) is 0. The van der Waals surface area contributed by atoms with Crippen LogP contribution in [0.1, 0.15) is 26.9 Å². The molecule has 1 heterocycles. The Hall–Kier alpha value is -0.830. The zero-order valence-corrected chi connectivity index (χ0v) is 11.6. The Morgan fingerprint density at radius 1 is 1.24 bits per heavy atom. The number of benzene rings is 1. The Kier molecular flexibility index (Phi) is 3.87. The molecule has 0 saturated carbocycles. The molecular weight excluding hydrogens is 250 g/mol. The van der Waals surface area contributed by atoms with Crippen LogP contribution < -0.4 is 5.73 Å². The van der Waals surface area contributed by atoms with Gasteiger partial charge in [-0.25, -0.2) is 0 Å². The van der Waals surface area contributed by atoms with E-state index in [1.54, 1.807) is 0 Å².